The molecule has 0 atom stereocenters. The first kappa shape index (κ1) is 17.3. The molecule has 18 heavy (non-hydrogen) atoms. The molecule has 0 rings (SSSR count). The Balaban J connectivity index is 0. The van der Waals surface area contributed by atoms with E-state index in [1.54, 1.807) is 6.92 Å². The molecular weight excluding hydrogens is 246 g/mol. The Morgan fingerprint density at radius 1 is 1.22 bits per heavy atom. The van der Waals surface area contributed by atoms with Gasteiger partial charge < -0.3 is 20.9 Å². The van der Waals surface area contributed by atoms with Gasteiger partial charge in [0.2, 0.25) is 5.71 Å². The van der Waals surface area contributed by atoms with Crippen LogP contribution in [0.3, 0.4) is 0 Å². The number of carbonyl (C=O) groups is 2. The van der Waals surface area contributed by atoms with Crippen molar-refractivity contribution in [3.63, 3.8) is 0 Å². The van der Waals surface area contributed by atoms with Crippen LogP contribution in [0.2, 0.25) is 0 Å². The van der Waals surface area contributed by atoms with E-state index in [1.807, 2.05) is 0 Å². The molecule has 0 bridgehead atoms. The maximum absolute atomic E-state index is 10.5. The van der Waals surface area contributed by atoms with Crippen LogP contribution >= 0.6 is 0 Å². The highest BCUT2D eigenvalue weighted by Gasteiger charge is 2.10. The quantitative estimate of drug-likeness (QED) is 0.243. The first-order valence-corrected chi connectivity index (χ1v) is 4.19. The fourth-order valence-electron chi connectivity index (χ4n) is 0.435. The summed E-state index contributed by atoms with van der Waals surface area (Å²) in [7, 11) is 0. The number of hydrogen-bond acceptors (Lipinski definition) is 9. The van der Waals surface area contributed by atoms with Gasteiger partial charge in [-0.1, -0.05) is 10.3 Å². The number of amides is 1. The third-order valence-electron chi connectivity index (χ3n) is 1.11. The van der Waals surface area contributed by atoms with Crippen LogP contribution in [-0.4, -0.2) is 40.3 Å². The van der Waals surface area contributed by atoms with Gasteiger partial charge in [0.1, 0.15) is 12.1 Å². The Bertz CT molecular complexity index is 442. The van der Waals surface area contributed by atoms with Gasteiger partial charge in [-0.3, -0.25) is 4.79 Å². The first-order chi connectivity index (χ1) is 8.48. The zero-order chi connectivity index (χ0) is 14.6. The summed E-state index contributed by atoms with van der Waals surface area (Å²) < 4.78 is 4.33. The summed E-state index contributed by atoms with van der Waals surface area (Å²) in [6, 6.07) is 2.64. The van der Waals surface area contributed by atoms with Crippen molar-refractivity contribution in [1.82, 2.24) is 0 Å². The normalized spacial score (nSPS) is 10.2. The van der Waals surface area contributed by atoms with E-state index in [4.69, 9.17) is 20.9 Å². The zero-order valence-corrected chi connectivity index (χ0v) is 9.19. The van der Waals surface area contributed by atoms with Crippen LogP contribution < -0.4 is 5.73 Å². The standard InChI is InChI=1S/C5H6N2O3.C3H3N3O2/c1-2-10-5(8)4(3-6)7-9;4-1-2(6-8)3(5)7/h9H,2H2,1H3;8H,(H2,5,7). The number of ether oxygens (including phenoxy) is 1. The van der Waals surface area contributed by atoms with Crippen LogP contribution in [0.25, 0.3) is 0 Å². The summed E-state index contributed by atoms with van der Waals surface area (Å²) in [6.07, 6.45) is 0. The van der Waals surface area contributed by atoms with Gasteiger partial charge in [-0.2, -0.15) is 10.5 Å². The Morgan fingerprint density at radius 2 is 1.67 bits per heavy atom. The highest BCUT2D eigenvalue weighted by molar-refractivity contribution is 6.44. The molecule has 0 aliphatic rings. The summed E-state index contributed by atoms with van der Waals surface area (Å²) >= 11 is 0. The molecule has 0 spiro atoms. The summed E-state index contributed by atoms with van der Waals surface area (Å²) in [4.78, 5) is 20.3. The molecule has 0 unspecified atom stereocenters. The van der Waals surface area contributed by atoms with Crippen molar-refractivity contribution in [3.05, 3.63) is 0 Å². The van der Waals surface area contributed by atoms with E-state index in [-0.39, 0.29) is 6.61 Å². The molecule has 96 valence electrons. The summed E-state index contributed by atoms with van der Waals surface area (Å²) in [5, 5.41) is 36.4. The van der Waals surface area contributed by atoms with Crippen molar-refractivity contribution in [3.8, 4) is 12.1 Å². The van der Waals surface area contributed by atoms with Gasteiger partial charge in [-0.25, -0.2) is 4.79 Å². The van der Waals surface area contributed by atoms with Crippen molar-refractivity contribution in [2.45, 2.75) is 6.92 Å². The number of nitrogens with two attached hydrogens (primary N) is 1. The van der Waals surface area contributed by atoms with Crippen molar-refractivity contribution >= 4 is 23.3 Å². The van der Waals surface area contributed by atoms with E-state index < -0.39 is 23.3 Å². The van der Waals surface area contributed by atoms with Gasteiger partial charge in [0.25, 0.3) is 11.6 Å². The van der Waals surface area contributed by atoms with Gasteiger partial charge >= 0.3 is 5.97 Å². The van der Waals surface area contributed by atoms with Gasteiger partial charge in [-0.05, 0) is 6.92 Å². The maximum Gasteiger partial charge on any atom is 0.371 e. The number of nitrogens with zero attached hydrogens (tertiary/aromatic N) is 4. The number of hydrogen-bond donors (Lipinski definition) is 3. The maximum atomic E-state index is 10.5. The number of carbonyl (C=O) groups excluding carboxylic acids is 2. The lowest BCUT2D eigenvalue weighted by Crippen LogP contribution is -2.21. The van der Waals surface area contributed by atoms with Crippen LogP contribution in [0.1, 0.15) is 6.92 Å². The Hall–Kier alpha value is -3.14. The molecule has 0 aliphatic carbocycles. The molecule has 0 radical (unpaired) electrons. The number of nitriles is 2. The summed E-state index contributed by atoms with van der Waals surface area (Å²) in [5.74, 6) is -1.94. The van der Waals surface area contributed by atoms with E-state index in [0.717, 1.165) is 0 Å². The molecule has 0 aromatic rings. The fraction of sp³-hybridized carbons (Fsp3) is 0.250. The predicted molar refractivity (Wildman–Crippen MR) is 55.5 cm³/mol. The second-order valence-electron chi connectivity index (χ2n) is 2.21. The molecule has 1 amide bonds. The average Bonchev–Trinajstić information content (AvgIpc) is 2.33. The van der Waals surface area contributed by atoms with Gasteiger partial charge in [0, 0.05) is 0 Å². The Kier molecular flexibility index (Phi) is 9.95. The number of primary amides is 1. The molecule has 0 aliphatic heterocycles. The van der Waals surface area contributed by atoms with Crippen LogP contribution in [0.4, 0.5) is 0 Å². The van der Waals surface area contributed by atoms with Crippen molar-refractivity contribution in [2.24, 2.45) is 16.0 Å². The molecule has 0 fully saturated rings. The second-order valence-corrected chi connectivity index (χ2v) is 2.21. The highest BCUT2D eigenvalue weighted by atomic mass is 16.5. The molecule has 0 aromatic heterocycles. The number of rotatable bonds is 3. The third-order valence-corrected chi connectivity index (χ3v) is 1.11. The van der Waals surface area contributed by atoms with E-state index in [2.05, 4.69) is 20.8 Å². The molecule has 4 N–H and O–H groups in total. The predicted octanol–water partition coefficient (Wildman–Crippen LogP) is -1.27. The SMILES string of the molecule is CCOC(=O)C(C#N)=NO.N#CC(=NO)C(N)=O. The van der Waals surface area contributed by atoms with Crippen LogP contribution in [0, 0.1) is 22.7 Å². The highest BCUT2D eigenvalue weighted by Crippen LogP contribution is 1.81. The van der Waals surface area contributed by atoms with Gasteiger partial charge in [0.15, 0.2) is 0 Å². The minimum absolute atomic E-state index is 0.152. The van der Waals surface area contributed by atoms with Crippen molar-refractivity contribution in [2.75, 3.05) is 6.61 Å². The minimum atomic E-state index is -1.03. The second kappa shape index (κ2) is 10.4. The van der Waals surface area contributed by atoms with E-state index in [0.29, 0.717) is 0 Å². The molecule has 10 nitrogen and oxygen atoms in total. The molecule has 0 aromatic carbocycles. The minimum Gasteiger partial charge on any atom is -0.461 e. The summed E-state index contributed by atoms with van der Waals surface area (Å²) in [5.41, 5.74) is 3.18. The molecule has 0 saturated carbocycles. The lowest BCUT2D eigenvalue weighted by atomic mass is 10.4. The van der Waals surface area contributed by atoms with Gasteiger partial charge in [0.05, 0.1) is 6.61 Å². The number of esters is 1. The molecule has 0 heterocycles. The smallest absolute Gasteiger partial charge is 0.371 e. The van der Waals surface area contributed by atoms with E-state index >= 15 is 0 Å². The largest absolute Gasteiger partial charge is 0.461 e. The Morgan fingerprint density at radius 3 is 1.83 bits per heavy atom. The van der Waals surface area contributed by atoms with Crippen molar-refractivity contribution < 1.29 is 24.7 Å². The molecule has 0 saturated heterocycles. The van der Waals surface area contributed by atoms with Crippen LogP contribution in [0.15, 0.2) is 10.3 Å². The van der Waals surface area contributed by atoms with Gasteiger partial charge in [-0.15, -0.1) is 0 Å². The average molecular weight is 255 g/mol. The van der Waals surface area contributed by atoms with E-state index in [1.165, 1.54) is 12.1 Å². The fourth-order valence-corrected chi connectivity index (χ4v) is 0.435. The molecule has 10 heteroatoms. The summed E-state index contributed by atoms with van der Waals surface area (Å²) in [6.45, 7) is 1.74. The van der Waals surface area contributed by atoms with E-state index in [9.17, 15) is 9.59 Å². The Labute approximate surface area is 101 Å². The van der Waals surface area contributed by atoms with Crippen molar-refractivity contribution in [1.29, 1.82) is 10.5 Å². The van der Waals surface area contributed by atoms with Crippen LogP contribution in [-0.2, 0) is 14.3 Å². The lowest BCUT2D eigenvalue weighted by molar-refractivity contribution is -0.135. The topological polar surface area (TPSA) is 182 Å². The third kappa shape index (κ3) is 7.19. The monoisotopic (exact) mass is 255 g/mol. The first-order valence-electron chi connectivity index (χ1n) is 4.19. The number of oxime groups is 2. The molecular formula is C8H9N5O5. The lowest BCUT2D eigenvalue weighted by Gasteiger charge is -1.94. The zero-order valence-electron chi connectivity index (χ0n) is 9.19. The van der Waals surface area contributed by atoms with Crippen LogP contribution in [0.5, 0.6) is 0 Å².